The Kier molecular flexibility index (Phi) is 2.88. The molecule has 0 spiro atoms. The van der Waals surface area contributed by atoms with Crippen LogP contribution in [0.1, 0.15) is 13.8 Å². The third-order valence-corrected chi connectivity index (χ3v) is 2.88. The van der Waals surface area contributed by atoms with E-state index >= 15 is 0 Å². The molecule has 1 aliphatic rings. The Balaban J connectivity index is 3.64. The van der Waals surface area contributed by atoms with Gasteiger partial charge in [-0.1, -0.05) is 25.3 Å². The molecular weight excluding hydrogens is 220 g/mol. The van der Waals surface area contributed by atoms with E-state index in [1.54, 1.807) is 0 Å². The Hall–Kier alpha value is -1.32. The van der Waals surface area contributed by atoms with E-state index < -0.39 is 34.1 Å². The first kappa shape index (κ1) is 12.7. The lowest BCUT2D eigenvalue weighted by Crippen LogP contribution is -2.36. The van der Waals surface area contributed by atoms with Gasteiger partial charge in [-0.15, -0.1) is 0 Å². The van der Waals surface area contributed by atoms with Crippen LogP contribution in [0.2, 0.25) is 0 Å². The highest BCUT2D eigenvalue weighted by Gasteiger charge is 2.51. The van der Waals surface area contributed by atoms with Crippen LogP contribution >= 0.6 is 0 Å². The molecule has 0 N–H and O–H groups in total. The van der Waals surface area contributed by atoms with E-state index in [1.807, 2.05) is 0 Å². The lowest BCUT2D eigenvalue weighted by Gasteiger charge is -2.33. The molecule has 0 saturated heterocycles. The molecule has 0 aromatic heterocycles. The molecule has 0 fully saturated rings. The molecule has 16 heavy (non-hydrogen) atoms. The Labute approximate surface area is 91.7 Å². The lowest BCUT2D eigenvalue weighted by molar-refractivity contribution is 0.0374. The van der Waals surface area contributed by atoms with Crippen LogP contribution in [0.4, 0.5) is 17.6 Å². The molecule has 0 atom stereocenters. The summed E-state index contributed by atoms with van der Waals surface area (Å²) in [6, 6.07) is 0. The van der Waals surface area contributed by atoms with Crippen molar-refractivity contribution in [3.8, 4) is 0 Å². The maximum atomic E-state index is 13.7. The van der Waals surface area contributed by atoms with Crippen molar-refractivity contribution in [2.24, 2.45) is 0 Å². The molecule has 1 rings (SSSR count). The Morgan fingerprint density at radius 3 is 1.25 bits per heavy atom. The normalized spacial score (nSPS) is 23.4. The van der Waals surface area contributed by atoms with E-state index in [9.17, 15) is 17.6 Å². The average Bonchev–Trinajstić information content (AvgIpc) is 2.20. The number of halogens is 4. The fourth-order valence-corrected chi connectivity index (χ4v) is 1.69. The second-order valence-electron chi connectivity index (χ2n) is 3.63. The summed E-state index contributed by atoms with van der Waals surface area (Å²) in [6.45, 7) is 8.34. The van der Waals surface area contributed by atoms with Crippen LogP contribution < -0.4 is 0 Å². The van der Waals surface area contributed by atoms with E-state index in [0.717, 1.165) is 26.0 Å². The van der Waals surface area contributed by atoms with E-state index in [-0.39, 0.29) is 0 Å². The van der Waals surface area contributed by atoms with Crippen molar-refractivity contribution in [1.82, 2.24) is 0 Å². The Bertz CT molecular complexity index is 373. The average molecular weight is 232 g/mol. The molecule has 0 heterocycles. The van der Waals surface area contributed by atoms with Crippen molar-refractivity contribution >= 4 is 0 Å². The van der Waals surface area contributed by atoms with Crippen LogP contribution in [0.5, 0.6) is 0 Å². The van der Waals surface area contributed by atoms with Crippen molar-refractivity contribution in [3.63, 3.8) is 0 Å². The number of alkyl halides is 4. The maximum absolute atomic E-state index is 13.7. The van der Waals surface area contributed by atoms with E-state index in [1.165, 1.54) is 0 Å². The topological polar surface area (TPSA) is 0 Å². The highest BCUT2D eigenvalue weighted by molar-refractivity contribution is 5.54. The fraction of sp³-hybridized carbons (Fsp3) is 0.333. The Morgan fingerprint density at radius 1 is 0.812 bits per heavy atom. The van der Waals surface area contributed by atoms with Gasteiger partial charge in [-0.05, 0) is 13.8 Å². The van der Waals surface area contributed by atoms with Gasteiger partial charge >= 0.3 is 0 Å². The van der Waals surface area contributed by atoms with Crippen molar-refractivity contribution in [1.29, 1.82) is 0 Å². The van der Waals surface area contributed by atoms with Crippen molar-refractivity contribution in [2.45, 2.75) is 25.7 Å². The zero-order valence-corrected chi connectivity index (χ0v) is 9.08. The molecule has 0 unspecified atom stereocenters. The molecule has 0 radical (unpaired) electrons. The molecule has 1 aliphatic carbocycles. The van der Waals surface area contributed by atoms with E-state index in [4.69, 9.17) is 0 Å². The van der Waals surface area contributed by atoms with Crippen molar-refractivity contribution < 1.29 is 17.6 Å². The quantitative estimate of drug-likeness (QED) is 0.492. The summed E-state index contributed by atoms with van der Waals surface area (Å²) in [5.74, 6) is -6.81. The molecule has 0 aliphatic heterocycles. The summed E-state index contributed by atoms with van der Waals surface area (Å²) in [5, 5.41) is 0. The smallest absolute Gasteiger partial charge is 0.196 e. The van der Waals surface area contributed by atoms with Gasteiger partial charge in [-0.3, -0.25) is 0 Å². The predicted molar refractivity (Wildman–Crippen MR) is 55.7 cm³/mol. The number of hydrogen-bond donors (Lipinski definition) is 0. The van der Waals surface area contributed by atoms with Crippen LogP contribution in [0.15, 0.2) is 47.6 Å². The third kappa shape index (κ3) is 1.44. The standard InChI is InChI=1S/C12H12F4/c1-5-9-10(6-2)12(15,16)8(4)7(3)11(9,13)14/h5-6H,1-2H2,3-4H3. The molecule has 88 valence electrons. The molecule has 0 aromatic carbocycles. The molecule has 0 nitrogen and oxygen atoms in total. The Morgan fingerprint density at radius 2 is 1.06 bits per heavy atom. The summed E-state index contributed by atoms with van der Waals surface area (Å²) < 4.78 is 54.9. The van der Waals surface area contributed by atoms with Gasteiger partial charge in [0.15, 0.2) is 0 Å². The van der Waals surface area contributed by atoms with Gasteiger partial charge in [0.05, 0.1) is 0 Å². The maximum Gasteiger partial charge on any atom is 0.295 e. The minimum atomic E-state index is -3.41. The van der Waals surface area contributed by atoms with Gasteiger partial charge in [0.2, 0.25) is 0 Å². The first-order valence-corrected chi connectivity index (χ1v) is 4.65. The van der Waals surface area contributed by atoms with Gasteiger partial charge < -0.3 is 0 Å². The summed E-state index contributed by atoms with van der Waals surface area (Å²) in [7, 11) is 0. The summed E-state index contributed by atoms with van der Waals surface area (Å²) in [4.78, 5) is 0. The molecule has 4 heteroatoms. The van der Waals surface area contributed by atoms with Gasteiger partial charge in [0.25, 0.3) is 11.8 Å². The predicted octanol–water partition coefficient (Wildman–Crippen LogP) is 4.28. The van der Waals surface area contributed by atoms with E-state index in [0.29, 0.717) is 0 Å². The largest absolute Gasteiger partial charge is 0.295 e. The van der Waals surface area contributed by atoms with E-state index in [2.05, 4.69) is 13.2 Å². The van der Waals surface area contributed by atoms with Crippen LogP contribution in [0, 0.1) is 0 Å². The van der Waals surface area contributed by atoms with Crippen LogP contribution in [-0.4, -0.2) is 11.8 Å². The second kappa shape index (κ2) is 3.61. The zero-order valence-electron chi connectivity index (χ0n) is 9.08. The fourth-order valence-electron chi connectivity index (χ4n) is 1.69. The van der Waals surface area contributed by atoms with Crippen LogP contribution in [-0.2, 0) is 0 Å². The van der Waals surface area contributed by atoms with Gasteiger partial charge in [-0.2, -0.15) is 17.6 Å². The summed E-state index contributed by atoms with van der Waals surface area (Å²) in [5.41, 5.74) is -2.79. The number of allylic oxidation sites excluding steroid dienone is 6. The molecule has 0 saturated carbocycles. The molecule has 0 amide bonds. The van der Waals surface area contributed by atoms with Gasteiger partial charge in [-0.25, -0.2) is 0 Å². The summed E-state index contributed by atoms with van der Waals surface area (Å²) in [6.07, 6.45) is 1.53. The van der Waals surface area contributed by atoms with Gasteiger partial charge in [0.1, 0.15) is 0 Å². The third-order valence-electron chi connectivity index (χ3n) is 2.88. The SMILES string of the molecule is C=CC1=C(C=C)C(F)(F)C(C)=C(C)C1(F)F. The first-order valence-electron chi connectivity index (χ1n) is 4.65. The van der Waals surface area contributed by atoms with Crippen LogP contribution in [0.25, 0.3) is 0 Å². The molecular formula is C12H12F4. The highest BCUT2D eigenvalue weighted by atomic mass is 19.3. The number of hydrogen-bond acceptors (Lipinski definition) is 0. The molecule has 0 aromatic rings. The first-order chi connectivity index (χ1) is 7.21. The highest BCUT2D eigenvalue weighted by Crippen LogP contribution is 2.49. The second-order valence-corrected chi connectivity index (χ2v) is 3.63. The zero-order chi connectivity index (χ0) is 12.7. The molecule has 0 bridgehead atoms. The van der Waals surface area contributed by atoms with Crippen molar-refractivity contribution in [3.05, 3.63) is 47.6 Å². The minimum absolute atomic E-state index is 0.627. The number of rotatable bonds is 2. The monoisotopic (exact) mass is 232 g/mol. The van der Waals surface area contributed by atoms with Gasteiger partial charge in [0, 0.05) is 22.3 Å². The van der Waals surface area contributed by atoms with Crippen LogP contribution in [0.3, 0.4) is 0 Å². The minimum Gasteiger partial charge on any atom is -0.196 e. The lowest BCUT2D eigenvalue weighted by atomic mass is 9.81. The summed E-state index contributed by atoms with van der Waals surface area (Å²) >= 11 is 0. The van der Waals surface area contributed by atoms with Crippen molar-refractivity contribution in [2.75, 3.05) is 0 Å².